The maximum Gasteiger partial charge on any atom is 0.275 e. The van der Waals surface area contributed by atoms with Crippen LogP contribution in [0, 0.1) is 12.7 Å². The predicted octanol–water partition coefficient (Wildman–Crippen LogP) is 2.73. The van der Waals surface area contributed by atoms with E-state index in [-0.39, 0.29) is 17.6 Å². The van der Waals surface area contributed by atoms with E-state index >= 15 is 0 Å². The fourth-order valence-corrected chi connectivity index (χ4v) is 2.43. The van der Waals surface area contributed by atoms with E-state index in [1.165, 1.54) is 12.1 Å². The van der Waals surface area contributed by atoms with Crippen LogP contribution in [0.5, 0.6) is 5.75 Å². The van der Waals surface area contributed by atoms with E-state index in [0.29, 0.717) is 18.1 Å². The molecule has 1 atom stereocenters. The van der Waals surface area contributed by atoms with Crippen LogP contribution in [0.25, 0.3) is 0 Å². The molecule has 1 saturated heterocycles. The molecule has 1 amide bonds. The number of anilines is 1. The molecule has 2 aromatic rings. The van der Waals surface area contributed by atoms with Gasteiger partial charge in [-0.2, -0.15) is 0 Å². The lowest BCUT2D eigenvalue weighted by Gasteiger charge is -2.12. The summed E-state index contributed by atoms with van der Waals surface area (Å²) in [6.45, 7) is 3.00. The molecule has 6 nitrogen and oxygen atoms in total. The molecule has 0 spiro atoms. The molecule has 0 radical (unpaired) electrons. The standard InChI is InChI=1S/C17H18FN3O3/c1-11-7-14(24-10-13-3-2-6-23-13)8-15(20-11)17(22)21-16-5-4-12(18)9-19-16/h4-5,7-9,13H,2-3,6,10H2,1H3,(H,19,21,22). The lowest BCUT2D eigenvalue weighted by molar-refractivity contribution is 0.0678. The van der Waals surface area contributed by atoms with Crippen LogP contribution < -0.4 is 10.1 Å². The molecular weight excluding hydrogens is 313 g/mol. The van der Waals surface area contributed by atoms with Gasteiger partial charge in [0.05, 0.1) is 12.3 Å². The fraction of sp³-hybridized carbons (Fsp3) is 0.353. The average molecular weight is 331 g/mol. The number of hydrogen-bond donors (Lipinski definition) is 1. The molecule has 1 unspecified atom stereocenters. The molecule has 1 N–H and O–H groups in total. The Morgan fingerprint density at radius 3 is 3.04 bits per heavy atom. The van der Waals surface area contributed by atoms with Gasteiger partial charge in [0.15, 0.2) is 0 Å². The van der Waals surface area contributed by atoms with Crippen LogP contribution in [0.15, 0.2) is 30.5 Å². The van der Waals surface area contributed by atoms with E-state index in [9.17, 15) is 9.18 Å². The molecule has 1 aliphatic heterocycles. The summed E-state index contributed by atoms with van der Waals surface area (Å²) in [6, 6.07) is 5.95. The summed E-state index contributed by atoms with van der Waals surface area (Å²) in [7, 11) is 0. The van der Waals surface area contributed by atoms with Gasteiger partial charge in [0, 0.05) is 24.4 Å². The lowest BCUT2D eigenvalue weighted by Crippen LogP contribution is -2.18. The van der Waals surface area contributed by atoms with Gasteiger partial charge in [-0.15, -0.1) is 0 Å². The Morgan fingerprint density at radius 2 is 2.33 bits per heavy atom. The van der Waals surface area contributed by atoms with Gasteiger partial charge in [0.2, 0.25) is 0 Å². The van der Waals surface area contributed by atoms with Gasteiger partial charge in [-0.25, -0.2) is 14.4 Å². The Bertz CT molecular complexity index is 716. The number of nitrogens with zero attached hydrogens (tertiary/aromatic N) is 2. The maximum absolute atomic E-state index is 12.9. The van der Waals surface area contributed by atoms with Gasteiger partial charge in [0.25, 0.3) is 5.91 Å². The topological polar surface area (TPSA) is 73.3 Å². The Labute approximate surface area is 139 Å². The number of rotatable bonds is 5. The summed E-state index contributed by atoms with van der Waals surface area (Å²) >= 11 is 0. The number of nitrogens with one attached hydrogen (secondary N) is 1. The first-order valence-electron chi connectivity index (χ1n) is 7.76. The van der Waals surface area contributed by atoms with Crippen LogP contribution in [-0.2, 0) is 4.74 Å². The molecule has 3 heterocycles. The van der Waals surface area contributed by atoms with E-state index in [0.717, 1.165) is 25.6 Å². The third-order valence-corrected chi connectivity index (χ3v) is 3.59. The van der Waals surface area contributed by atoms with Gasteiger partial charge in [-0.3, -0.25) is 4.79 Å². The van der Waals surface area contributed by atoms with Gasteiger partial charge in [-0.05, 0) is 31.9 Å². The summed E-state index contributed by atoms with van der Waals surface area (Å²) in [6.07, 6.45) is 3.16. The smallest absolute Gasteiger partial charge is 0.275 e. The number of hydrogen-bond acceptors (Lipinski definition) is 5. The van der Waals surface area contributed by atoms with Crippen LogP contribution in [0.1, 0.15) is 29.0 Å². The summed E-state index contributed by atoms with van der Waals surface area (Å²) in [5.41, 5.74) is 0.875. The van der Waals surface area contributed by atoms with Crippen molar-refractivity contribution in [3.05, 3.63) is 47.7 Å². The lowest BCUT2D eigenvalue weighted by atomic mass is 10.2. The number of carbonyl (C=O) groups is 1. The summed E-state index contributed by atoms with van der Waals surface area (Å²) in [5, 5.41) is 2.58. The number of aromatic nitrogens is 2. The van der Waals surface area contributed by atoms with Crippen LogP contribution >= 0.6 is 0 Å². The molecule has 0 bridgehead atoms. The largest absolute Gasteiger partial charge is 0.491 e. The third kappa shape index (κ3) is 4.26. The summed E-state index contributed by atoms with van der Waals surface area (Å²) in [4.78, 5) is 20.3. The first-order chi connectivity index (χ1) is 11.6. The Hall–Kier alpha value is -2.54. The van der Waals surface area contributed by atoms with Crippen molar-refractivity contribution in [2.45, 2.75) is 25.9 Å². The van der Waals surface area contributed by atoms with Crippen molar-refractivity contribution in [3.8, 4) is 5.75 Å². The monoisotopic (exact) mass is 331 g/mol. The van der Waals surface area contributed by atoms with E-state index in [1.54, 1.807) is 19.1 Å². The Kier molecular flexibility index (Phi) is 5.00. The first kappa shape index (κ1) is 16.3. The predicted molar refractivity (Wildman–Crippen MR) is 85.6 cm³/mol. The van der Waals surface area contributed by atoms with Gasteiger partial charge < -0.3 is 14.8 Å². The number of amides is 1. The van der Waals surface area contributed by atoms with E-state index in [1.807, 2.05) is 0 Å². The van der Waals surface area contributed by atoms with Crippen LogP contribution in [0.4, 0.5) is 10.2 Å². The first-order valence-corrected chi connectivity index (χ1v) is 7.76. The third-order valence-electron chi connectivity index (χ3n) is 3.59. The molecule has 2 aromatic heterocycles. The normalized spacial score (nSPS) is 16.8. The molecular formula is C17H18FN3O3. The SMILES string of the molecule is Cc1cc(OCC2CCCO2)cc(C(=O)Nc2ccc(F)cn2)n1. The van der Waals surface area contributed by atoms with Crippen LogP contribution in [0.3, 0.4) is 0 Å². The van der Waals surface area contributed by atoms with E-state index < -0.39 is 11.7 Å². The zero-order chi connectivity index (χ0) is 16.9. The highest BCUT2D eigenvalue weighted by atomic mass is 19.1. The van der Waals surface area contributed by atoms with Crippen molar-refractivity contribution in [2.75, 3.05) is 18.5 Å². The van der Waals surface area contributed by atoms with Crippen molar-refractivity contribution in [2.24, 2.45) is 0 Å². The van der Waals surface area contributed by atoms with Crippen molar-refractivity contribution in [1.29, 1.82) is 0 Å². The van der Waals surface area contributed by atoms with Crippen molar-refractivity contribution < 1.29 is 18.7 Å². The summed E-state index contributed by atoms with van der Waals surface area (Å²) < 4.78 is 24.1. The molecule has 126 valence electrons. The highest BCUT2D eigenvalue weighted by Crippen LogP contribution is 2.18. The Morgan fingerprint density at radius 1 is 1.46 bits per heavy atom. The number of carbonyl (C=O) groups excluding carboxylic acids is 1. The summed E-state index contributed by atoms with van der Waals surface area (Å²) in [5.74, 6) is -0.0759. The second-order valence-corrected chi connectivity index (χ2v) is 5.59. The zero-order valence-corrected chi connectivity index (χ0v) is 13.3. The number of pyridine rings is 2. The second kappa shape index (κ2) is 7.35. The van der Waals surface area contributed by atoms with Crippen molar-refractivity contribution in [3.63, 3.8) is 0 Å². The van der Waals surface area contributed by atoms with Crippen LogP contribution in [-0.4, -0.2) is 35.2 Å². The van der Waals surface area contributed by atoms with E-state index in [2.05, 4.69) is 15.3 Å². The van der Waals surface area contributed by atoms with Gasteiger partial charge >= 0.3 is 0 Å². The molecule has 0 aliphatic carbocycles. The molecule has 0 saturated carbocycles. The minimum Gasteiger partial charge on any atom is -0.491 e. The Balaban J connectivity index is 1.67. The molecule has 0 aromatic carbocycles. The highest BCUT2D eigenvalue weighted by Gasteiger charge is 2.17. The van der Waals surface area contributed by atoms with Crippen LogP contribution in [0.2, 0.25) is 0 Å². The average Bonchev–Trinajstić information content (AvgIpc) is 3.08. The van der Waals surface area contributed by atoms with Crippen molar-refractivity contribution in [1.82, 2.24) is 9.97 Å². The van der Waals surface area contributed by atoms with Gasteiger partial charge in [-0.1, -0.05) is 0 Å². The van der Waals surface area contributed by atoms with Crippen molar-refractivity contribution >= 4 is 11.7 Å². The number of halogens is 1. The zero-order valence-electron chi connectivity index (χ0n) is 13.3. The molecule has 7 heteroatoms. The molecule has 1 fully saturated rings. The highest BCUT2D eigenvalue weighted by molar-refractivity contribution is 6.02. The second-order valence-electron chi connectivity index (χ2n) is 5.59. The number of ether oxygens (including phenoxy) is 2. The molecule has 1 aliphatic rings. The van der Waals surface area contributed by atoms with E-state index in [4.69, 9.17) is 9.47 Å². The molecule has 3 rings (SSSR count). The minimum absolute atomic E-state index is 0.0964. The number of aryl methyl sites for hydroxylation is 1. The fourth-order valence-electron chi connectivity index (χ4n) is 2.43. The van der Waals surface area contributed by atoms with Gasteiger partial charge in [0.1, 0.15) is 29.7 Å². The minimum atomic E-state index is -0.466. The molecule has 24 heavy (non-hydrogen) atoms. The maximum atomic E-state index is 12.9. The quantitative estimate of drug-likeness (QED) is 0.912.